The highest BCUT2D eigenvalue weighted by Gasteiger charge is 2.18. The molecule has 88 valence electrons. The van der Waals surface area contributed by atoms with Crippen molar-refractivity contribution < 1.29 is 19.4 Å². The Morgan fingerprint density at radius 1 is 1.62 bits per heavy atom. The molecule has 0 aliphatic heterocycles. The van der Waals surface area contributed by atoms with Crippen molar-refractivity contribution in [2.75, 3.05) is 19.0 Å². The number of methoxy groups -OCH3 is 1. The molecule has 0 aromatic carbocycles. The van der Waals surface area contributed by atoms with E-state index in [1.165, 1.54) is 18.4 Å². The number of carbonyl (C=O) groups excluding carboxylic acids is 1. The standard InChI is InChI=1S/C9H12N2O4S/c1-15-8(9(13)14)11-6(12)5-10-7-3-2-4-16-7/h2-4,8,10H,5H2,1H3,(H,11,12)(H,13,14). The maximum Gasteiger partial charge on any atom is 0.354 e. The second-order valence-electron chi connectivity index (χ2n) is 2.85. The van der Waals surface area contributed by atoms with Crippen LogP contribution in [0.3, 0.4) is 0 Å². The number of amides is 1. The molecule has 0 fully saturated rings. The van der Waals surface area contributed by atoms with Crippen molar-refractivity contribution in [3.05, 3.63) is 17.5 Å². The third-order valence-corrected chi connectivity index (χ3v) is 2.52. The van der Waals surface area contributed by atoms with Gasteiger partial charge in [-0.2, -0.15) is 0 Å². The molecule has 1 aromatic rings. The van der Waals surface area contributed by atoms with Gasteiger partial charge in [-0.3, -0.25) is 4.79 Å². The van der Waals surface area contributed by atoms with Gasteiger partial charge in [0, 0.05) is 7.11 Å². The topological polar surface area (TPSA) is 87.7 Å². The highest BCUT2D eigenvalue weighted by Crippen LogP contribution is 2.13. The lowest BCUT2D eigenvalue weighted by atomic mass is 10.5. The molecule has 0 saturated carbocycles. The van der Waals surface area contributed by atoms with Crippen LogP contribution < -0.4 is 10.6 Å². The molecule has 1 atom stereocenters. The minimum atomic E-state index is -1.31. The maximum absolute atomic E-state index is 11.3. The van der Waals surface area contributed by atoms with E-state index in [0.717, 1.165) is 5.00 Å². The van der Waals surface area contributed by atoms with E-state index in [1.54, 1.807) is 0 Å². The van der Waals surface area contributed by atoms with Gasteiger partial charge in [-0.25, -0.2) is 4.79 Å². The Hall–Kier alpha value is -1.60. The number of nitrogens with one attached hydrogen (secondary N) is 2. The Balaban J connectivity index is 2.33. The van der Waals surface area contributed by atoms with Crippen LogP contribution in [0.1, 0.15) is 0 Å². The number of hydrogen-bond acceptors (Lipinski definition) is 5. The molecule has 16 heavy (non-hydrogen) atoms. The molecule has 0 radical (unpaired) electrons. The van der Waals surface area contributed by atoms with Gasteiger partial charge in [0.05, 0.1) is 11.5 Å². The number of carboxylic acid groups (broad SMARTS) is 1. The number of thiophene rings is 1. The predicted octanol–water partition coefficient (Wildman–Crippen LogP) is 0.333. The molecule has 0 saturated heterocycles. The molecule has 1 amide bonds. The molecular weight excluding hydrogens is 232 g/mol. The molecule has 0 aliphatic carbocycles. The zero-order valence-corrected chi connectivity index (χ0v) is 9.41. The van der Waals surface area contributed by atoms with E-state index in [1.807, 2.05) is 17.5 Å². The van der Waals surface area contributed by atoms with Crippen LogP contribution in [0, 0.1) is 0 Å². The predicted molar refractivity (Wildman–Crippen MR) is 59.4 cm³/mol. The SMILES string of the molecule is COC(NC(=O)CNc1cccs1)C(=O)O. The summed E-state index contributed by atoms with van der Waals surface area (Å²) >= 11 is 1.46. The van der Waals surface area contributed by atoms with E-state index in [-0.39, 0.29) is 6.54 Å². The van der Waals surface area contributed by atoms with Crippen molar-refractivity contribution in [1.29, 1.82) is 0 Å². The first kappa shape index (κ1) is 12.5. The third-order valence-electron chi connectivity index (χ3n) is 1.70. The molecule has 6 nitrogen and oxygen atoms in total. The Labute approximate surface area is 96.2 Å². The first-order valence-corrected chi connectivity index (χ1v) is 5.34. The van der Waals surface area contributed by atoms with Crippen LogP contribution in [-0.2, 0) is 14.3 Å². The lowest BCUT2D eigenvalue weighted by Crippen LogP contribution is -2.44. The van der Waals surface area contributed by atoms with Crippen LogP contribution >= 0.6 is 11.3 Å². The summed E-state index contributed by atoms with van der Waals surface area (Å²) in [7, 11) is 1.21. The summed E-state index contributed by atoms with van der Waals surface area (Å²) in [6.07, 6.45) is -1.31. The van der Waals surface area contributed by atoms with Gasteiger partial charge in [0.25, 0.3) is 0 Å². The smallest absolute Gasteiger partial charge is 0.354 e. The largest absolute Gasteiger partial charge is 0.478 e. The molecule has 7 heteroatoms. The first-order chi connectivity index (χ1) is 7.63. The average Bonchev–Trinajstić information content (AvgIpc) is 2.75. The van der Waals surface area contributed by atoms with Gasteiger partial charge < -0.3 is 20.5 Å². The summed E-state index contributed by atoms with van der Waals surface area (Å²) in [6, 6.07) is 3.67. The summed E-state index contributed by atoms with van der Waals surface area (Å²) in [5, 5.41) is 16.4. The monoisotopic (exact) mass is 244 g/mol. The van der Waals surface area contributed by atoms with Gasteiger partial charge in [-0.05, 0) is 17.5 Å². The third kappa shape index (κ3) is 3.87. The van der Waals surface area contributed by atoms with Crippen LogP contribution in [0.25, 0.3) is 0 Å². The zero-order chi connectivity index (χ0) is 12.0. The quantitative estimate of drug-likeness (QED) is 0.628. The van der Waals surface area contributed by atoms with Crippen molar-refractivity contribution in [3.8, 4) is 0 Å². The van der Waals surface area contributed by atoms with Crippen LogP contribution in [0.4, 0.5) is 5.00 Å². The Morgan fingerprint density at radius 2 is 2.38 bits per heavy atom. The highest BCUT2D eigenvalue weighted by atomic mass is 32.1. The van der Waals surface area contributed by atoms with Gasteiger partial charge in [0.15, 0.2) is 0 Å². The van der Waals surface area contributed by atoms with Crippen molar-refractivity contribution in [2.24, 2.45) is 0 Å². The number of anilines is 1. The maximum atomic E-state index is 11.3. The van der Waals surface area contributed by atoms with E-state index in [0.29, 0.717) is 0 Å². The van der Waals surface area contributed by atoms with Crippen molar-refractivity contribution in [2.45, 2.75) is 6.23 Å². The van der Waals surface area contributed by atoms with Gasteiger partial charge in [-0.15, -0.1) is 11.3 Å². The lowest BCUT2D eigenvalue weighted by Gasteiger charge is -2.12. The zero-order valence-electron chi connectivity index (χ0n) is 8.60. The van der Waals surface area contributed by atoms with Gasteiger partial charge >= 0.3 is 5.97 Å². The van der Waals surface area contributed by atoms with Crippen molar-refractivity contribution in [3.63, 3.8) is 0 Å². The summed E-state index contributed by atoms with van der Waals surface area (Å²) < 4.78 is 4.56. The number of carbonyl (C=O) groups is 2. The molecule has 1 rings (SSSR count). The minimum absolute atomic E-state index is 0.00759. The number of ether oxygens (including phenoxy) is 1. The normalized spacial score (nSPS) is 11.8. The van der Waals surface area contributed by atoms with Gasteiger partial charge in [0.2, 0.25) is 12.1 Å². The Kier molecular flexibility index (Phi) is 4.74. The summed E-state index contributed by atoms with van der Waals surface area (Å²) in [5.41, 5.74) is 0. The summed E-state index contributed by atoms with van der Waals surface area (Å²) in [6.45, 7) is 0.00759. The fourth-order valence-corrected chi connectivity index (χ4v) is 1.58. The first-order valence-electron chi connectivity index (χ1n) is 4.46. The molecule has 1 unspecified atom stereocenters. The van der Waals surface area contributed by atoms with E-state index in [4.69, 9.17) is 5.11 Å². The van der Waals surface area contributed by atoms with E-state index < -0.39 is 18.1 Å². The molecule has 0 bridgehead atoms. The van der Waals surface area contributed by atoms with Gasteiger partial charge in [0.1, 0.15) is 0 Å². The fraction of sp³-hybridized carbons (Fsp3) is 0.333. The number of rotatable bonds is 6. The van der Waals surface area contributed by atoms with E-state index in [9.17, 15) is 9.59 Å². The van der Waals surface area contributed by atoms with Crippen molar-refractivity contribution in [1.82, 2.24) is 5.32 Å². The van der Waals surface area contributed by atoms with Gasteiger partial charge in [-0.1, -0.05) is 0 Å². The molecule has 3 N–H and O–H groups in total. The number of hydrogen-bond donors (Lipinski definition) is 3. The summed E-state index contributed by atoms with van der Waals surface area (Å²) in [5.74, 6) is -1.67. The molecular formula is C9H12N2O4S. The number of aliphatic carboxylic acids is 1. The van der Waals surface area contributed by atoms with Crippen LogP contribution in [0.5, 0.6) is 0 Å². The number of carboxylic acids is 1. The fourth-order valence-electron chi connectivity index (χ4n) is 0.965. The van der Waals surface area contributed by atoms with Crippen LogP contribution in [0.2, 0.25) is 0 Å². The second-order valence-corrected chi connectivity index (χ2v) is 3.80. The lowest BCUT2D eigenvalue weighted by molar-refractivity contribution is -0.153. The van der Waals surface area contributed by atoms with Crippen LogP contribution in [0.15, 0.2) is 17.5 Å². The average molecular weight is 244 g/mol. The van der Waals surface area contributed by atoms with Crippen molar-refractivity contribution >= 4 is 28.2 Å². The molecule has 0 spiro atoms. The minimum Gasteiger partial charge on any atom is -0.478 e. The second kappa shape index (κ2) is 6.09. The molecule has 0 aliphatic rings. The van der Waals surface area contributed by atoms with E-state index >= 15 is 0 Å². The Bertz CT molecular complexity index is 352. The Morgan fingerprint density at radius 3 is 2.88 bits per heavy atom. The summed E-state index contributed by atoms with van der Waals surface area (Å²) in [4.78, 5) is 21.8. The van der Waals surface area contributed by atoms with E-state index in [2.05, 4.69) is 15.4 Å². The highest BCUT2D eigenvalue weighted by molar-refractivity contribution is 7.14. The molecule has 1 aromatic heterocycles. The van der Waals surface area contributed by atoms with Crippen LogP contribution in [-0.4, -0.2) is 36.9 Å². The molecule has 1 heterocycles.